The van der Waals surface area contributed by atoms with Gasteiger partial charge in [0.1, 0.15) is 18.4 Å². The highest BCUT2D eigenvalue weighted by molar-refractivity contribution is 7.52. The first kappa shape index (κ1) is 31.5. The van der Waals surface area contributed by atoms with Crippen molar-refractivity contribution < 1.29 is 41.8 Å². The second-order valence-electron chi connectivity index (χ2n) is 10.1. The lowest BCUT2D eigenvalue weighted by Crippen LogP contribution is -2.47. The number of hydrogen-bond acceptors (Lipinski definition) is 12. The normalized spacial score (nSPS) is 26.2. The Kier molecular flexibility index (Phi) is 9.04. The van der Waals surface area contributed by atoms with E-state index in [0.717, 1.165) is 17.8 Å². The number of fused-ring (bicyclic) bond motifs is 1. The van der Waals surface area contributed by atoms with Crippen LogP contribution in [0.5, 0.6) is 5.75 Å². The van der Waals surface area contributed by atoms with Crippen molar-refractivity contribution >= 4 is 36.6 Å². The molecule has 5 N–H and O–H groups in total. The van der Waals surface area contributed by atoms with Crippen LogP contribution in [0, 0.1) is 0 Å². The van der Waals surface area contributed by atoms with Crippen LogP contribution in [0.3, 0.4) is 0 Å². The number of alkyl halides is 2. The molecule has 6 atom stereocenters. The maximum Gasteiger partial charge on any atom is 0.459 e. The molecule has 0 radical (unpaired) electrons. The van der Waals surface area contributed by atoms with Crippen molar-refractivity contribution in [2.75, 3.05) is 24.2 Å². The first-order valence-electron chi connectivity index (χ1n) is 13.1. The number of benzene rings is 1. The van der Waals surface area contributed by atoms with Gasteiger partial charge in [-0.2, -0.15) is 15.1 Å². The molecule has 0 spiro atoms. The van der Waals surface area contributed by atoms with Crippen LogP contribution in [-0.2, 0) is 23.4 Å². The van der Waals surface area contributed by atoms with Gasteiger partial charge >= 0.3 is 13.7 Å². The summed E-state index contributed by atoms with van der Waals surface area (Å²) in [6.45, 7) is 6.54. The SMILES string of the molecule is CCNc1nc(N)nc2c1ncn2[C@@H]1O[C@](F)(COP(=O)(N[C@@H](C)C(=O)OC(C)C)Oc2ccccc2)[C@@H](O)[C@@]1(C)F. The molecule has 0 amide bonds. The van der Waals surface area contributed by atoms with E-state index in [1.807, 2.05) is 6.92 Å². The predicted octanol–water partition coefficient (Wildman–Crippen LogP) is 3.26. The molecule has 1 fully saturated rings. The monoisotopic (exact) mass is 613 g/mol. The summed E-state index contributed by atoms with van der Waals surface area (Å²) in [4.78, 5) is 24.7. The highest BCUT2D eigenvalue weighted by Gasteiger charge is 2.65. The number of rotatable bonds is 12. The minimum Gasteiger partial charge on any atom is -0.462 e. The Hall–Kier alpha value is -3.43. The third-order valence-electron chi connectivity index (χ3n) is 6.23. The van der Waals surface area contributed by atoms with Crippen LogP contribution in [0.25, 0.3) is 11.2 Å². The van der Waals surface area contributed by atoms with Crippen LogP contribution < -0.4 is 20.7 Å². The van der Waals surface area contributed by atoms with Crippen molar-refractivity contribution in [3.8, 4) is 5.75 Å². The van der Waals surface area contributed by atoms with E-state index < -0.39 is 56.3 Å². The maximum absolute atomic E-state index is 16.2. The number of carbonyl (C=O) groups is 1. The molecule has 0 saturated carbocycles. The molecule has 17 heteroatoms. The van der Waals surface area contributed by atoms with Crippen molar-refractivity contribution in [3.63, 3.8) is 0 Å². The zero-order valence-electron chi connectivity index (χ0n) is 23.7. The number of nitrogens with two attached hydrogens (primary N) is 1. The average Bonchev–Trinajstić information content (AvgIpc) is 3.40. The molecule has 14 nitrogen and oxygen atoms in total. The summed E-state index contributed by atoms with van der Waals surface area (Å²) in [6.07, 6.45) is -3.57. The number of para-hydroxylation sites is 1. The summed E-state index contributed by atoms with van der Waals surface area (Å²) < 4.78 is 68.4. The topological polar surface area (TPSA) is 185 Å². The summed E-state index contributed by atoms with van der Waals surface area (Å²) in [7, 11) is -4.57. The molecule has 0 aliphatic carbocycles. The number of nitrogens with one attached hydrogen (secondary N) is 2. The van der Waals surface area contributed by atoms with Gasteiger partial charge in [-0.05, 0) is 46.8 Å². The fourth-order valence-corrected chi connectivity index (χ4v) is 5.77. The quantitative estimate of drug-likeness (QED) is 0.173. The number of imidazole rings is 1. The van der Waals surface area contributed by atoms with Crippen molar-refractivity contribution in [1.82, 2.24) is 24.6 Å². The minimum atomic E-state index is -4.57. The number of ether oxygens (including phenoxy) is 2. The summed E-state index contributed by atoms with van der Waals surface area (Å²) in [5.41, 5.74) is 3.27. The molecule has 2 aromatic heterocycles. The Morgan fingerprint density at radius 3 is 2.60 bits per heavy atom. The van der Waals surface area contributed by atoms with Crippen molar-refractivity contribution in [1.29, 1.82) is 0 Å². The van der Waals surface area contributed by atoms with Gasteiger partial charge in [-0.3, -0.25) is 13.9 Å². The van der Waals surface area contributed by atoms with E-state index in [-0.39, 0.29) is 28.7 Å². The molecule has 3 heterocycles. The van der Waals surface area contributed by atoms with Gasteiger partial charge in [-0.1, -0.05) is 18.2 Å². The van der Waals surface area contributed by atoms with E-state index in [1.54, 1.807) is 32.0 Å². The van der Waals surface area contributed by atoms with Crippen molar-refractivity contribution in [2.45, 2.75) is 70.6 Å². The fourth-order valence-electron chi connectivity index (χ4n) is 4.27. The second kappa shape index (κ2) is 12.1. The van der Waals surface area contributed by atoms with Gasteiger partial charge in [0.25, 0.3) is 5.85 Å². The number of halogens is 2. The lowest BCUT2D eigenvalue weighted by atomic mass is 9.97. The van der Waals surface area contributed by atoms with E-state index in [0.29, 0.717) is 6.54 Å². The molecular formula is C25H34F2N7O7P. The first-order valence-corrected chi connectivity index (χ1v) is 14.7. The van der Waals surface area contributed by atoms with Crippen molar-refractivity contribution in [2.24, 2.45) is 0 Å². The van der Waals surface area contributed by atoms with Crippen LogP contribution in [0.1, 0.15) is 40.8 Å². The molecule has 1 aromatic carbocycles. The summed E-state index contributed by atoms with van der Waals surface area (Å²) in [6, 6.07) is 6.53. The maximum atomic E-state index is 16.2. The van der Waals surface area contributed by atoms with Crippen LogP contribution in [0.15, 0.2) is 36.7 Å². The molecule has 1 saturated heterocycles. The summed E-state index contributed by atoms with van der Waals surface area (Å²) in [5.74, 6) is -3.86. The van der Waals surface area contributed by atoms with Gasteiger partial charge in [0.15, 0.2) is 35.0 Å². The number of anilines is 2. The van der Waals surface area contributed by atoms with Gasteiger partial charge in [0, 0.05) is 6.54 Å². The summed E-state index contributed by atoms with van der Waals surface area (Å²) in [5, 5.41) is 16.1. The Morgan fingerprint density at radius 1 is 1.26 bits per heavy atom. The van der Waals surface area contributed by atoms with E-state index in [2.05, 4.69) is 25.4 Å². The number of aliphatic hydroxyl groups is 1. The van der Waals surface area contributed by atoms with Crippen LogP contribution in [0.4, 0.5) is 20.5 Å². The number of aromatic nitrogens is 4. The molecule has 1 aliphatic rings. The molecular weight excluding hydrogens is 579 g/mol. The molecule has 4 rings (SSSR count). The van der Waals surface area contributed by atoms with Crippen LogP contribution >= 0.6 is 7.75 Å². The highest BCUT2D eigenvalue weighted by atomic mass is 31.2. The predicted molar refractivity (Wildman–Crippen MR) is 148 cm³/mol. The first-order chi connectivity index (χ1) is 19.7. The van der Waals surface area contributed by atoms with Gasteiger partial charge < -0.3 is 30.2 Å². The second-order valence-corrected chi connectivity index (χ2v) is 11.8. The largest absolute Gasteiger partial charge is 0.462 e. The van der Waals surface area contributed by atoms with E-state index >= 15 is 8.78 Å². The number of nitrogens with zero attached hydrogens (tertiary/aromatic N) is 4. The van der Waals surface area contributed by atoms with Crippen LogP contribution in [0.2, 0.25) is 0 Å². The molecule has 3 aromatic rings. The number of nitrogen functional groups attached to an aromatic ring is 1. The smallest absolute Gasteiger partial charge is 0.459 e. The minimum absolute atomic E-state index is 0.0157. The Labute approximate surface area is 240 Å². The average molecular weight is 614 g/mol. The standard InChI is InChI=1S/C25H34F2N7O7P/c1-6-29-18-17-19(32-23(28)31-18)34(13-30-17)22-24(5,26)21(36)25(27,40-22)12-38-42(37,41-16-10-8-7-9-11-16)33-15(4)20(35)39-14(2)3/h7-11,13-15,21-22,36H,6,12H2,1-5H3,(H,33,37)(H3,28,29,31,32)/t15-,21-,22+,24+,25+,42?/m0/s1. The van der Waals surface area contributed by atoms with Crippen LogP contribution in [-0.4, -0.2) is 73.5 Å². The molecule has 230 valence electrons. The zero-order valence-corrected chi connectivity index (χ0v) is 24.5. The number of hydrogen-bond donors (Lipinski definition) is 4. The Bertz CT molecular complexity index is 1460. The van der Waals surface area contributed by atoms with Gasteiger partial charge in [0.05, 0.1) is 12.4 Å². The number of carbonyl (C=O) groups excluding carboxylic acids is 1. The van der Waals surface area contributed by atoms with Gasteiger partial charge in [0.2, 0.25) is 5.95 Å². The van der Waals surface area contributed by atoms with Gasteiger partial charge in [-0.25, -0.2) is 18.3 Å². The lowest BCUT2D eigenvalue weighted by molar-refractivity contribution is -0.202. The van der Waals surface area contributed by atoms with E-state index in [4.69, 9.17) is 24.3 Å². The van der Waals surface area contributed by atoms with Crippen molar-refractivity contribution in [3.05, 3.63) is 36.7 Å². The van der Waals surface area contributed by atoms with Gasteiger partial charge in [-0.15, -0.1) is 0 Å². The fraction of sp³-hybridized carbons (Fsp3) is 0.520. The number of esters is 1. The lowest BCUT2D eigenvalue weighted by Gasteiger charge is -2.28. The summed E-state index contributed by atoms with van der Waals surface area (Å²) >= 11 is 0. The molecule has 42 heavy (non-hydrogen) atoms. The van der Waals surface area contributed by atoms with E-state index in [1.165, 1.54) is 19.1 Å². The van der Waals surface area contributed by atoms with E-state index in [9.17, 15) is 14.5 Å². The zero-order chi connectivity index (χ0) is 30.9. The Balaban J connectivity index is 1.61. The highest BCUT2D eigenvalue weighted by Crippen LogP contribution is 2.52. The number of aliphatic hydroxyl groups excluding tert-OH is 1. The third-order valence-corrected chi connectivity index (χ3v) is 7.85. The molecule has 1 unspecified atom stereocenters. The Morgan fingerprint density at radius 2 is 1.95 bits per heavy atom. The third kappa shape index (κ3) is 6.47. The molecule has 0 bridgehead atoms. The molecule has 1 aliphatic heterocycles.